The van der Waals surface area contributed by atoms with E-state index >= 15 is 0 Å². The first kappa shape index (κ1) is 16.7. The number of aromatic nitrogens is 4. The highest BCUT2D eigenvalue weighted by atomic mass is 16.2. The molecule has 0 aliphatic carbocycles. The topological polar surface area (TPSA) is 66.6 Å². The average molecular weight is 372 g/mol. The number of hydrogen-bond donors (Lipinski definition) is 0. The van der Waals surface area contributed by atoms with Crippen LogP contribution in [0, 0.1) is 0 Å². The van der Waals surface area contributed by atoms with Crippen LogP contribution in [-0.2, 0) is 11.2 Å². The van der Waals surface area contributed by atoms with Crippen molar-refractivity contribution in [1.29, 1.82) is 0 Å². The molecule has 1 fully saturated rings. The van der Waals surface area contributed by atoms with Crippen LogP contribution in [0.2, 0.25) is 0 Å². The lowest BCUT2D eigenvalue weighted by Crippen LogP contribution is -2.49. The quantitative estimate of drug-likeness (QED) is 0.551. The molecule has 1 aliphatic rings. The van der Waals surface area contributed by atoms with E-state index in [-0.39, 0.29) is 5.91 Å². The molecule has 0 radical (unpaired) electrons. The van der Waals surface area contributed by atoms with Crippen LogP contribution in [-0.4, -0.2) is 56.8 Å². The third-order valence-corrected chi connectivity index (χ3v) is 5.33. The Balaban J connectivity index is 1.26. The van der Waals surface area contributed by atoms with Gasteiger partial charge in [0.05, 0.1) is 6.42 Å². The molecule has 0 N–H and O–H groups in total. The summed E-state index contributed by atoms with van der Waals surface area (Å²) in [7, 11) is 0. The monoisotopic (exact) mass is 372 g/mol. The summed E-state index contributed by atoms with van der Waals surface area (Å²) in [5, 5.41) is 14.7. The van der Waals surface area contributed by atoms with Gasteiger partial charge in [0.1, 0.15) is 12.1 Å². The molecule has 1 saturated heterocycles. The van der Waals surface area contributed by atoms with Crippen molar-refractivity contribution in [3.8, 4) is 0 Å². The lowest BCUT2D eigenvalue weighted by molar-refractivity contribution is -0.130. The minimum Gasteiger partial charge on any atom is -0.352 e. The van der Waals surface area contributed by atoms with E-state index in [1.54, 1.807) is 10.8 Å². The molecule has 0 saturated carbocycles. The van der Waals surface area contributed by atoms with Crippen molar-refractivity contribution in [3.63, 3.8) is 0 Å². The van der Waals surface area contributed by atoms with Crippen LogP contribution in [0.25, 0.3) is 16.4 Å². The van der Waals surface area contributed by atoms with Gasteiger partial charge >= 0.3 is 0 Å². The highest BCUT2D eigenvalue weighted by molar-refractivity contribution is 5.90. The van der Waals surface area contributed by atoms with Gasteiger partial charge in [-0.1, -0.05) is 42.5 Å². The number of carbonyl (C=O) groups excluding carboxylic acids is 1. The first-order chi connectivity index (χ1) is 13.8. The van der Waals surface area contributed by atoms with Crippen molar-refractivity contribution in [2.45, 2.75) is 6.42 Å². The van der Waals surface area contributed by atoms with Crippen molar-refractivity contribution >= 4 is 28.1 Å². The smallest absolute Gasteiger partial charge is 0.227 e. The SMILES string of the molecule is O=C(Cc1cccc2ccccc12)N1CCN(c2ccc3nncn3n2)CC1. The second-order valence-corrected chi connectivity index (χ2v) is 7.01. The summed E-state index contributed by atoms with van der Waals surface area (Å²) < 4.78 is 1.67. The van der Waals surface area contributed by atoms with E-state index in [9.17, 15) is 4.79 Å². The van der Waals surface area contributed by atoms with Gasteiger partial charge in [0, 0.05) is 26.2 Å². The van der Waals surface area contributed by atoms with Crippen LogP contribution < -0.4 is 4.90 Å². The van der Waals surface area contributed by atoms with Crippen LogP contribution in [0.5, 0.6) is 0 Å². The molecule has 3 heterocycles. The fraction of sp³-hybridized carbons (Fsp3) is 0.238. The molecule has 5 rings (SSSR count). The number of carbonyl (C=O) groups is 1. The molecule has 2 aromatic heterocycles. The Morgan fingerprint density at radius 2 is 1.75 bits per heavy atom. The van der Waals surface area contributed by atoms with E-state index in [1.807, 2.05) is 35.2 Å². The standard InChI is InChI=1S/C21H20N6O/c28-21(14-17-6-3-5-16-4-1-2-7-18(16)17)26-12-10-25(11-13-26)20-9-8-19-23-22-15-27(19)24-20/h1-9,15H,10-14H2. The zero-order valence-electron chi connectivity index (χ0n) is 15.4. The van der Waals surface area contributed by atoms with E-state index in [4.69, 9.17) is 0 Å². The molecule has 0 spiro atoms. The minimum atomic E-state index is 0.179. The van der Waals surface area contributed by atoms with E-state index in [0.29, 0.717) is 19.5 Å². The number of benzene rings is 2. The molecule has 28 heavy (non-hydrogen) atoms. The summed E-state index contributed by atoms with van der Waals surface area (Å²) in [5.74, 6) is 1.06. The molecule has 140 valence electrons. The zero-order valence-corrected chi connectivity index (χ0v) is 15.4. The molecule has 1 amide bonds. The lowest BCUT2D eigenvalue weighted by atomic mass is 10.0. The fourth-order valence-electron chi connectivity index (χ4n) is 3.79. The van der Waals surface area contributed by atoms with Gasteiger partial charge in [-0.15, -0.1) is 15.3 Å². The van der Waals surface area contributed by atoms with Crippen LogP contribution in [0.4, 0.5) is 5.82 Å². The second-order valence-electron chi connectivity index (χ2n) is 7.01. The summed E-state index contributed by atoms with van der Waals surface area (Å²) in [6.45, 7) is 2.93. The Bertz CT molecular complexity index is 1140. The van der Waals surface area contributed by atoms with Crippen molar-refractivity contribution in [1.82, 2.24) is 24.7 Å². The number of anilines is 1. The molecule has 2 aromatic carbocycles. The summed E-state index contributed by atoms with van der Waals surface area (Å²) >= 11 is 0. The number of piperazine rings is 1. The van der Waals surface area contributed by atoms with Crippen LogP contribution in [0.1, 0.15) is 5.56 Å². The normalized spacial score (nSPS) is 14.7. The molecule has 0 atom stereocenters. The van der Waals surface area contributed by atoms with Crippen molar-refractivity contribution in [2.75, 3.05) is 31.1 Å². The minimum absolute atomic E-state index is 0.179. The van der Waals surface area contributed by atoms with Crippen LogP contribution in [0.15, 0.2) is 60.9 Å². The Hall–Kier alpha value is -3.48. The predicted molar refractivity (Wildman–Crippen MR) is 107 cm³/mol. The van der Waals surface area contributed by atoms with Gasteiger partial charge < -0.3 is 9.80 Å². The van der Waals surface area contributed by atoms with Gasteiger partial charge in [0.15, 0.2) is 5.65 Å². The number of nitrogens with zero attached hydrogens (tertiary/aromatic N) is 6. The molecule has 0 unspecified atom stereocenters. The second kappa shape index (κ2) is 6.92. The lowest BCUT2D eigenvalue weighted by Gasteiger charge is -2.35. The highest BCUT2D eigenvalue weighted by Gasteiger charge is 2.22. The molecule has 4 aromatic rings. The third kappa shape index (κ3) is 3.05. The maximum atomic E-state index is 12.9. The van der Waals surface area contributed by atoms with Crippen molar-refractivity contribution in [3.05, 3.63) is 66.5 Å². The van der Waals surface area contributed by atoms with Gasteiger partial charge in [-0.3, -0.25) is 4.79 Å². The van der Waals surface area contributed by atoms with Crippen molar-refractivity contribution in [2.24, 2.45) is 0 Å². The van der Waals surface area contributed by atoms with Gasteiger partial charge in [-0.25, -0.2) is 0 Å². The summed E-state index contributed by atoms with van der Waals surface area (Å²) in [6.07, 6.45) is 2.04. The first-order valence-electron chi connectivity index (χ1n) is 9.44. The summed E-state index contributed by atoms with van der Waals surface area (Å²) in [5.41, 5.74) is 1.82. The predicted octanol–water partition coefficient (Wildman–Crippen LogP) is 2.17. The molecular weight excluding hydrogens is 352 g/mol. The van der Waals surface area contributed by atoms with E-state index < -0.39 is 0 Å². The highest BCUT2D eigenvalue weighted by Crippen LogP contribution is 2.20. The molecule has 0 bridgehead atoms. The summed E-state index contributed by atoms with van der Waals surface area (Å²) in [6, 6.07) is 18.2. The number of amides is 1. The zero-order chi connectivity index (χ0) is 18.9. The van der Waals surface area contributed by atoms with Crippen molar-refractivity contribution < 1.29 is 4.79 Å². The average Bonchev–Trinajstić information content (AvgIpc) is 3.22. The number of rotatable bonds is 3. The molecular formula is C21H20N6O. The molecule has 7 nitrogen and oxygen atoms in total. The van der Waals surface area contributed by atoms with E-state index in [2.05, 4.69) is 44.5 Å². The van der Waals surface area contributed by atoms with E-state index in [1.165, 1.54) is 5.39 Å². The first-order valence-corrected chi connectivity index (χ1v) is 9.44. The largest absolute Gasteiger partial charge is 0.352 e. The third-order valence-electron chi connectivity index (χ3n) is 5.33. The molecule has 1 aliphatic heterocycles. The Morgan fingerprint density at radius 1 is 0.929 bits per heavy atom. The Kier molecular flexibility index (Phi) is 4.12. The van der Waals surface area contributed by atoms with E-state index in [0.717, 1.165) is 35.5 Å². The maximum Gasteiger partial charge on any atom is 0.227 e. The van der Waals surface area contributed by atoms with Gasteiger partial charge in [-0.05, 0) is 28.5 Å². The van der Waals surface area contributed by atoms with Crippen LogP contribution >= 0.6 is 0 Å². The Labute approximate surface area is 162 Å². The number of fused-ring (bicyclic) bond motifs is 2. The maximum absolute atomic E-state index is 12.9. The Morgan fingerprint density at radius 3 is 2.64 bits per heavy atom. The van der Waals surface area contributed by atoms with Gasteiger partial charge in [-0.2, -0.15) is 4.52 Å². The van der Waals surface area contributed by atoms with Gasteiger partial charge in [0.25, 0.3) is 0 Å². The fourth-order valence-corrected chi connectivity index (χ4v) is 3.79. The number of hydrogen-bond acceptors (Lipinski definition) is 5. The van der Waals surface area contributed by atoms with Gasteiger partial charge in [0.2, 0.25) is 5.91 Å². The summed E-state index contributed by atoms with van der Waals surface area (Å²) in [4.78, 5) is 17.0. The molecule has 7 heteroatoms. The van der Waals surface area contributed by atoms with Crippen LogP contribution in [0.3, 0.4) is 0 Å².